The molecule has 0 radical (unpaired) electrons. The average Bonchev–Trinajstić information content (AvgIpc) is 2.07. The summed E-state index contributed by atoms with van der Waals surface area (Å²) in [7, 11) is 0. The average molecular weight is 355 g/mol. The summed E-state index contributed by atoms with van der Waals surface area (Å²) < 4.78 is 3.21. The van der Waals surface area contributed by atoms with Crippen LogP contribution >= 0.6 is 47.8 Å². The molecule has 0 unspecified atom stereocenters. The van der Waals surface area contributed by atoms with Crippen LogP contribution in [-0.2, 0) is 6.42 Å². The third-order valence-corrected chi connectivity index (χ3v) is 4.93. The molecule has 0 saturated heterocycles. The maximum atomic E-state index is 3.70. The molecule has 1 rings (SSSR count). The van der Waals surface area contributed by atoms with E-state index in [2.05, 4.69) is 60.4 Å². The number of benzene rings is 1. The Hall–Kier alpha value is 0.400. The molecule has 1 aromatic carbocycles. The quantitative estimate of drug-likeness (QED) is 0.533. The van der Waals surface area contributed by atoms with Gasteiger partial charge in [-0.15, -0.1) is 6.58 Å². The molecule has 0 aliphatic rings. The van der Waals surface area contributed by atoms with Crippen molar-refractivity contribution in [2.24, 2.45) is 0 Å². The summed E-state index contributed by atoms with van der Waals surface area (Å²) in [5.41, 5.74) is 1.24. The molecular weight excluding hydrogens is 348 g/mol. The largest absolute Gasteiger partial charge is 0.103 e. The van der Waals surface area contributed by atoms with Gasteiger partial charge in [0.05, 0.1) is 0 Å². The van der Waals surface area contributed by atoms with Crippen LogP contribution in [-0.4, -0.2) is 0 Å². The number of hydrogen-bond acceptors (Lipinski definition) is 0. The maximum Gasteiger partial charge on any atom is 0.0462 e. The van der Waals surface area contributed by atoms with Crippen LogP contribution in [0.1, 0.15) is 5.56 Å². The number of halogens is 3. The van der Waals surface area contributed by atoms with Gasteiger partial charge in [0.2, 0.25) is 0 Å². The van der Waals surface area contributed by atoms with E-state index in [0.29, 0.717) is 0 Å². The molecule has 0 aromatic heterocycles. The summed E-state index contributed by atoms with van der Waals surface area (Å²) in [6.07, 6.45) is 2.77. The summed E-state index contributed by atoms with van der Waals surface area (Å²) in [4.78, 5) is 0. The maximum absolute atomic E-state index is 3.70. The third-order valence-electron chi connectivity index (χ3n) is 1.48. The molecule has 0 nitrogen and oxygen atoms in total. The SMILES string of the molecule is C=CCc1ccc(Br)c(Br)c1Br. The summed E-state index contributed by atoms with van der Waals surface area (Å²) in [5.74, 6) is 0. The van der Waals surface area contributed by atoms with Crippen LogP contribution in [0.25, 0.3) is 0 Å². The lowest BCUT2D eigenvalue weighted by Gasteiger charge is -2.04. The van der Waals surface area contributed by atoms with E-state index in [-0.39, 0.29) is 0 Å². The van der Waals surface area contributed by atoms with Crippen molar-refractivity contribution in [1.82, 2.24) is 0 Å². The zero-order valence-corrected chi connectivity index (χ0v) is 11.0. The Labute approximate surface area is 97.4 Å². The van der Waals surface area contributed by atoms with Gasteiger partial charge in [0.25, 0.3) is 0 Å². The molecule has 0 atom stereocenters. The van der Waals surface area contributed by atoms with E-state index in [1.165, 1.54) is 5.56 Å². The predicted octanol–water partition coefficient (Wildman–Crippen LogP) is 4.70. The van der Waals surface area contributed by atoms with Gasteiger partial charge in [-0.3, -0.25) is 0 Å². The van der Waals surface area contributed by atoms with Crippen molar-refractivity contribution in [3.63, 3.8) is 0 Å². The molecule has 0 bridgehead atoms. The summed E-state index contributed by atoms with van der Waals surface area (Å²) >= 11 is 10.4. The fourth-order valence-electron chi connectivity index (χ4n) is 0.879. The second kappa shape index (κ2) is 4.58. The minimum Gasteiger partial charge on any atom is -0.103 e. The van der Waals surface area contributed by atoms with Crippen LogP contribution in [0.15, 0.2) is 38.2 Å². The molecule has 0 aliphatic carbocycles. The van der Waals surface area contributed by atoms with Crippen LogP contribution in [0, 0.1) is 0 Å². The summed E-state index contributed by atoms with van der Waals surface area (Å²) in [6, 6.07) is 4.09. The van der Waals surface area contributed by atoms with Crippen molar-refractivity contribution < 1.29 is 0 Å². The summed E-state index contributed by atoms with van der Waals surface area (Å²) in [5, 5.41) is 0. The topological polar surface area (TPSA) is 0 Å². The van der Waals surface area contributed by atoms with E-state index in [1.807, 2.05) is 12.1 Å². The predicted molar refractivity (Wildman–Crippen MR) is 63.4 cm³/mol. The molecule has 64 valence electrons. The Morgan fingerprint density at radius 1 is 1.17 bits per heavy atom. The Morgan fingerprint density at radius 2 is 1.83 bits per heavy atom. The van der Waals surface area contributed by atoms with E-state index in [1.54, 1.807) is 0 Å². The smallest absolute Gasteiger partial charge is 0.0462 e. The second-order valence-electron chi connectivity index (χ2n) is 2.33. The van der Waals surface area contributed by atoms with Crippen LogP contribution < -0.4 is 0 Å². The van der Waals surface area contributed by atoms with E-state index >= 15 is 0 Å². The number of rotatable bonds is 2. The molecule has 0 amide bonds. The molecule has 0 heterocycles. The molecular formula is C9H7Br3. The lowest BCUT2D eigenvalue weighted by atomic mass is 10.1. The fraction of sp³-hybridized carbons (Fsp3) is 0.111. The molecule has 0 saturated carbocycles. The Morgan fingerprint density at radius 3 is 2.42 bits per heavy atom. The molecule has 1 aromatic rings. The third kappa shape index (κ3) is 2.21. The van der Waals surface area contributed by atoms with Crippen LogP contribution in [0.4, 0.5) is 0 Å². The highest BCUT2D eigenvalue weighted by Gasteiger charge is 2.05. The van der Waals surface area contributed by atoms with E-state index in [9.17, 15) is 0 Å². The Kier molecular flexibility index (Phi) is 4.00. The van der Waals surface area contributed by atoms with E-state index < -0.39 is 0 Å². The van der Waals surface area contributed by atoms with Gasteiger partial charge in [-0.05, 0) is 65.8 Å². The first-order valence-corrected chi connectivity index (χ1v) is 5.78. The molecule has 0 N–H and O–H groups in total. The first-order valence-electron chi connectivity index (χ1n) is 3.40. The number of allylic oxidation sites excluding steroid dienone is 1. The van der Waals surface area contributed by atoms with E-state index in [0.717, 1.165) is 19.8 Å². The van der Waals surface area contributed by atoms with Crippen LogP contribution in [0.5, 0.6) is 0 Å². The van der Waals surface area contributed by atoms with Crippen molar-refractivity contribution in [2.75, 3.05) is 0 Å². The molecule has 0 spiro atoms. The van der Waals surface area contributed by atoms with Crippen molar-refractivity contribution in [2.45, 2.75) is 6.42 Å². The molecule has 12 heavy (non-hydrogen) atoms. The van der Waals surface area contributed by atoms with Crippen molar-refractivity contribution in [3.05, 3.63) is 43.8 Å². The standard InChI is InChI=1S/C9H7Br3/c1-2-3-6-4-5-7(10)9(12)8(6)11/h2,4-5H,1,3H2. The highest BCUT2D eigenvalue weighted by atomic mass is 79.9. The minimum absolute atomic E-state index is 0.881. The highest BCUT2D eigenvalue weighted by molar-refractivity contribution is 9.14. The van der Waals surface area contributed by atoms with Crippen molar-refractivity contribution in [1.29, 1.82) is 0 Å². The molecule has 0 aliphatic heterocycles. The zero-order chi connectivity index (χ0) is 9.14. The van der Waals surface area contributed by atoms with Crippen molar-refractivity contribution >= 4 is 47.8 Å². The van der Waals surface area contributed by atoms with Gasteiger partial charge >= 0.3 is 0 Å². The van der Waals surface area contributed by atoms with Crippen LogP contribution in [0.2, 0.25) is 0 Å². The monoisotopic (exact) mass is 352 g/mol. The van der Waals surface area contributed by atoms with Gasteiger partial charge in [-0.1, -0.05) is 12.1 Å². The zero-order valence-electron chi connectivity index (χ0n) is 6.28. The second-order valence-corrected chi connectivity index (χ2v) is 4.77. The van der Waals surface area contributed by atoms with Crippen LogP contribution in [0.3, 0.4) is 0 Å². The molecule has 3 heteroatoms. The first kappa shape index (κ1) is 10.5. The van der Waals surface area contributed by atoms with Gasteiger partial charge in [-0.2, -0.15) is 0 Å². The summed E-state index contributed by atoms with van der Waals surface area (Å²) in [6.45, 7) is 3.70. The van der Waals surface area contributed by atoms with Gasteiger partial charge in [0, 0.05) is 13.4 Å². The highest BCUT2D eigenvalue weighted by Crippen LogP contribution is 2.33. The van der Waals surface area contributed by atoms with Gasteiger partial charge in [0.15, 0.2) is 0 Å². The Balaban J connectivity index is 3.16. The Bertz CT molecular complexity index is 305. The van der Waals surface area contributed by atoms with Gasteiger partial charge < -0.3 is 0 Å². The minimum atomic E-state index is 0.881. The number of hydrogen-bond donors (Lipinski definition) is 0. The van der Waals surface area contributed by atoms with Crippen molar-refractivity contribution in [3.8, 4) is 0 Å². The normalized spacial score (nSPS) is 9.92. The van der Waals surface area contributed by atoms with Gasteiger partial charge in [-0.25, -0.2) is 0 Å². The lowest BCUT2D eigenvalue weighted by molar-refractivity contribution is 1.24. The molecule has 0 fully saturated rings. The van der Waals surface area contributed by atoms with Gasteiger partial charge in [0.1, 0.15) is 0 Å². The first-order chi connectivity index (χ1) is 5.66. The fourth-order valence-corrected chi connectivity index (χ4v) is 2.37. The van der Waals surface area contributed by atoms with E-state index in [4.69, 9.17) is 0 Å². The lowest BCUT2D eigenvalue weighted by Crippen LogP contribution is -1.84.